The summed E-state index contributed by atoms with van der Waals surface area (Å²) in [5.41, 5.74) is 3.77. The fraction of sp³-hybridized carbons (Fsp3) is 0.400. The molecule has 136 valence electrons. The molecule has 2 aromatic rings. The Labute approximate surface area is 160 Å². The van der Waals surface area contributed by atoms with E-state index in [4.69, 9.17) is 9.72 Å². The van der Waals surface area contributed by atoms with Gasteiger partial charge in [0.1, 0.15) is 10.4 Å². The first-order valence-corrected chi connectivity index (χ1v) is 9.58. The molecule has 0 saturated carbocycles. The molecule has 0 bridgehead atoms. The summed E-state index contributed by atoms with van der Waals surface area (Å²) in [5.74, 6) is -0.212. The lowest BCUT2D eigenvalue weighted by atomic mass is 9.78. The van der Waals surface area contributed by atoms with Crippen molar-refractivity contribution in [1.29, 1.82) is 0 Å². The van der Waals surface area contributed by atoms with E-state index in [1.54, 1.807) is 19.1 Å². The molecule has 0 atom stereocenters. The average molecular weight is 419 g/mol. The second-order valence-electron chi connectivity index (χ2n) is 7.11. The molecule has 3 heterocycles. The first-order valence-electron chi connectivity index (χ1n) is 8.79. The number of rotatable bonds is 2. The van der Waals surface area contributed by atoms with Crippen molar-refractivity contribution in [3.8, 4) is 0 Å². The average Bonchev–Trinajstić information content (AvgIpc) is 2.92. The minimum Gasteiger partial charge on any atom is -0.381 e. The van der Waals surface area contributed by atoms with E-state index < -0.39 is 0 Å². The number of pyridine rings is 1. The van der Waals surface area contributed by atoms with E-state index in [9.17, 15) is 9.18 Å². The number of amides is 1. The zero-order valence-electron chi connectivity index (χ0n) is 14.6. The van der Waals surface area contributed by atoms with Crippen LogP contribution in [0.5, 0.6) is 0 Å². The quantitative estimate of drug-likeness (QED) is 0.692. The van der Waals surface area contributed by atoms with Gasteiger partial charge in [0.25, 0.3) is 0 Å². The van der Waals surface area contributed by atoms with Gasteiger partial charge in [-0.05, 0) is 58.1 Å². The van der Waals surface area contributed by atoms with Crippen LogP contribution < -0.4 is 4.90 Å². The summed E-state index contributed by atoms with van der Waals surface area (Å²) in [6, 6.07) is 8.53. The molecule has 1 aromatic heterocycles. The largest absolute Gasteiger partial charge is 0.381 e. The Hall–Kier alpha value is -1.79. The van der Waals surface area contributed by atoms with Crippen LogP contribution in [0.3, 0.4) is 0 Å². The Morgan fingerprint density at radius 3 is 2.65 bits per heavy atom. The monoisotopic (exact) mass is 418 g/mol. The number of hydrogen-bond donors (Lipinski definition) is 0. The number of aromatic nitrogens is 1. The third kappa shape index (κ3) is 3.05. The Morgan fingerprint density at radius 2 is 2.00 bits per heavy atom. The second-order valence-corrected chi connectivity index (χ2v) is 7.86. The van der Waals surface area contributed by atoms with Gasteiger partial charge in [0, 0.05) is 38.5 Å². The Bertz CT molecular complexity index is 848. The van der Waals surface area contributed by atoms with Gasteiger partial charge in [0.2, 0.25) is 5.91 Å². The van der Waals surface area contributed by atoms with Crippen molar-refractivity contribution in [1.82, 2.24) is 4.98 Å². The van der Waals surface area contributed by atoms with Crippen molar-refractivity contribution in [2.75, 3.05) is 24.7 Å². The Morgan fingerprint density at radius 1 is 1.31 bits per heavy atom. The molecule has 0 N–H and O–H groups in total. The van der Waals surface area contributed by atoms with Gasteiger partial charge in [-0.2, -0.15) is 0 Å². The van der Waals surface area contributed by atoms with Gasteiger partial charge in [0.15, 0.2) is 0 Å². The minimum absolute atomic E-state index is 0.0338. The van der Waals surface area contributed by atoms with E-state index in [0.717, 1.165) is 40.0 Å². The van der Waals surface area contributed by atoms with E-state index in [1.807, 2.05) is 4.90 Å². The number of ether oxygens (including phenoxy) is 1. The number of nitrogens with zero attached hydrogens (tertiary/aromatic N) is 2. The third-order valence-corrected chi connectivity index (χ3v) is 6.11. The number of halogens is 2. The molecule has 4 rings (SSSR count). The molecule has 2 aliphatic rings. The van der Waals surface area contributed by atoms with Crippen LogP contribution >= 0.6 is 15.9 Å². The van der Waals surface area contributed by atoms with E-state index >= 15 is 0 Å². The Kier molecular flexibility index (Phi) is 4.57. The van der Waals surface area contributed by atoms with E-state index in [0.29, 0.717) is 26.2 Å². The van der Waals surface area contributed by atoms with Gasteiger partial charge in [-0.3, -0.25) is 4.79 Å². The Balaban J connectivity index is 1.74. The maximum Gasteiger partial charge on any atom is 0.223 e. The summed E-state index contributed by atoms with van der Waals surface area (Å²) in [7, 11) is 0. The normalized spacial score (nSPS) is 18.2. The smallest absolute Gasteiger partial charge is 0.223 e. The van der Waals surface area contributed by atoms with Gasteiger partial charge < -0.3 is 9.64 Å². The van der Waals surface area contributed by atoms with Crippen LogP contribution in [0.25, 0.3) is 0 Å². The number of carbonyl (C=O) groups excluding carboxylic acids is 1. The van der Waals surface area contributed by atoms with Crippen LogP contribution in [-0.4, -0.2) is 30.6 Å². The highest BCUT2D eigenvalue weighted by Gasteiger charge is 2.46. The highest BCUT2D eigenvalue weighted by atomic mass is 79.9. The van der Waals surface area contributed by atoms with Gasteiger partial charge in [0.05, 0.1) is 11.4 Å². The van der Waals surface area contributed by atoms with Gasteiger partial charge in [-0.1, -0.05) is 12.1 Å². The van der Waals surface area contributed by atoms with Gasteiger partial charge in [-0.25, -0.2) is 9.37 Å². The molecule has 0 aliphatic carbocycles. The van der Waals surface area contributed by atoms with Crippen molar-refractivity contribution in [3.05, 3.63) is 57.6 Å². The predicted octanol–water partition coefficient (Wildman–Crippen LogP) is 3.99. The molecule has 1 amide bonds. The molecule has 0 radical (unpaired) electrons. The molecular weight excluding hydrogens is 399 g/mol. The fourth-order valence-electron chi connectivity index (χ4n) is 3.96. The van der Waals surface area contributed by atoms with Crippen molar-refractivity contribution >= 4 is 27.5 Å². The van der Waals surface area contributed by atoms with Gasteiger partial charge >= 0.3 is 0 Å². The summed E-state index contributed by atoms with van der Waals surface area (Å²) in [6.07, 6.45) is 2.38. The fourth-order valence-corrected chi connectivity index (χ4v) is 4.40. The SMILES string of the molecule is CC(=O)N1CC2(CCOCC2)c2nc(Br)c(Cc3ccc(F)cc3)cc21. The molecular formula is C20H20BrFN2O2. The van der Waals surface area contributed by atoms with Crippen LogP contribution in [0.2, 0.25) is 0 Å². The van der Waals surface area contributed by atoms with Crippen LogP contribution in [-0.2, 0) is 21.4 Å². The lowest BCUT2D eigenvalue weighted by molar-refractivity contribution is -0.116. The first-order chi connectivity index (χ1) is 12.5. The molecule has 1 spiro atoms. The van der Waals surface area contributed by atoms with Crippen LogP contribution in [0.1, 0.15) is 36.6 Å². The number of hydrogen-bond acceptors (Lipinski definition) is 3. The summed E-state index contributed by atoms with van der Waals surface area (Å²) < 4.78 is 19.5. The van der Waals surface area contributed by atoms with E-state index in [1.165, 1.54) is 12.1 Å². The lowest BCUT2D eigenvalue weighted by Gasteiger charge is -2.33. The maximum absolute atomic E-state index is 13.2. The first kappa shape index (κ1) is 17.6. The molecule has 1 aromatic carbocycles. The van der Waals surface area contributed by atoms with E-state index in [-0.39, 0.29) is 17.1 Å². The van der Waals surface area contributed by atoms with Crippen molar-refractivity contribution < 1.29 is 13.9 Å². The molecule has 4 nitrogen and oxygen atoms in total. The molecule has 6 heteroatoms. The molecule has 1 fully saturated rings. The summed E-state index contributed by atoms with van der Waals surface area (Å²) in [5, 5.41) is 0. The summed E-state index contributed by atoms with van der Waals surface area (Å²) in [4.78, 5) is 19.0. The number of benzene rings is 1. The van der Waals surface area contributed by atoms with Crippen molar-refractivity contribution in [2.24, 2.45) is 0 Å². The van der Waals surface area contributed by atoms with Crippen molar-refractivity contribution in [2.45, 2.75) is 31.6 Å². The zero-order chi connectivity index (χ0) is 18.3. The molecule has 1 saturated heterocycles. The highest BCUT2D eigenvalue weighted by molar-refractivity contribution is 9.10. The zero-order valence-corrected chi connectivity index (χ0v) is 16.2. The lowest BCUT2D eigenvalue weighted by Crippen LogP contribution is -2.40. The van der Waals surface area contributed by atoms with Crippen LogP contribution in [0, 0.1) is 5.82 Å². The summed E-state index contributed by atoms with van der Waals surface area (Å²) in [6.45, 7) is 3.66. The minimum atomic E-state index is -0.246. The number of fused-ring (bicyclic) bond motifs is 2. The predicted molar refractivity (Wildman–Crippen MR) is 101 cm³/mol. The maximum atomic E-state index is 13.2. The third-order valence-electron chi connectivity index (χ3n) is 5.42. The standard InChI is InChI=1S/C20H20BrFN2O2/c1-13(25)24-12-20(6-8-26-9-7-20)18-17(24)11-15(19(21)23-18)10-14-2-4-16(22)5-3-14/h2-5,11H,6-10,12H2,1H3. The highest BCUT2D eigenvalue weighted by Crippen LogP contribution is 2.47. The number of carbonyl (C=O) groups is 1. The second kappa shape index (κ2) is 6.74. The number of anilines is 1. The summed E-state index contributed by atoms with van der Waals surface area (Å²) >= 11 is 3.61. The molecule has 2 aliphatic heterocycles. The topological polar surface area (TPSA) is 42.4 Å². The van der Waals surface area contributed by atoms with Gasteiger partial charge in [-0.15, -0.1) is 0 Å². The molecule has 0 unspecified atom stereocenters. The van der Waals surface area contributed by atoms with E-state index in [2.05, 4.69) is 22.0 Å². The van der Waals surface area contributed by atoms with Crippen molar-refractivity contribution in [3.63, 3.8) is 0 Å². The van der Waals surface area contributed by atoms with Crippen LogP contribution in [0.4, 0.5) is 10.1 Å². The molecule has 26 heavy (non-hydrogen) atoms. The van der Waals surface area contributed by atoms with Crippen LogP contribution in [0.15, 0.2) is 34.9 Å².